The first-order chi connectivity index (χ1) is 44.1. The standard InChI is InChI=1S/C78H68N4O8/c1-83-65-26-9-53(10-27-65)79(54-11-28-66(84-2)29-12-54)61-25-42-73-74(49-61)78(75(73)46-43-62(50-75)80(55-13-30-67(85-3)31-14-55)56-15-32-68(86-4)33-16-56)76(47-44-63(51-76)81(57-17-34-69(87-5)35-18-57)58-19-36-70(88-6)37-20-58)77(78)48-45-64(52-77)82(59-21-38-71(89-7)39-22-59)60-23-40-72(90-8)41-24-60/h9-52H,1-8H3. The number of methoxy groups -OCH3 is 8. The minimum Gasteiger partial charge on any atom is -0.497 e. The van der Waals surface area contributed by atoms with Crippen molar-refractivity contribution in [1.29, 1.82) is 0 Å². The third-order valence-corrected chi connectivity index (χ3v) is 18.7. The monoisotopic (exact) mass is 1190 g/mol. The Morgan fingerprint density at radius 1 is 0.233 bits per heavy atom. The Hall–Kier alpha value is -11.0. The van der Waals surface area contributed by atoms with Gasteiger partial charge >= 0.3 is 0 Å². The summed E-state index contributed by atoms with van der Waals surface area (Å²) in [6, 6.07) is 73.3. The van der Waals surface area contributed by atoms with Crippen LogP contribution in [0.4, 0.5) is 51.2 Å². The number of fused-ring (bicyclic) bond motifs is 7. The molecular formula is C78H68N4O8. The molecule has 9 aromatic rings. The molecule has 5 aliphatic rings. The third-order valence-electron chi connectivity index (χ3n) is 18.7. The van der Waals surface area contributed by atoms with Gasteiger partial charge in [-0.25, -0.2) is 0 Å². The van der Waals surface area contributed by atoms with Crippen LogP contribution in [-0.4, -0.2) is 56.9 Å². The summed E-state index contributed by atoms with van der Waals surface area (Å²) in [6.07, 6.45) is 22.0. The van der Waals surface area contributed by atoms with Crippen LogP contribution in [0.2, 0.25) is 0 Å². The summed E-state index contributed by atoms with van der Waals surface area (Å²) in [4.78, 5) is 9.34. The zero-order valence-electron chi connectivity index (χ0n) is 51.5. The van der Waals surface area contributed by atoms with E-state index in [1.807, 2.05) is 97.1 Å². The Labute approximate surface area is 525 Å². The maximum absolute atomic E-state index is 5.74. The van der Waals surface area contributed by atoms with E-state index >= 15 is 0 Å². The molecule has 448 valence electrons. The highest BCUT2D eigenvalue weighted by molar-refractivity contribution is 5.89. The van der Waals surface area contributed by atoms with Crippen molar-refractivity contribution >= 4 is 51.2 Å². The van der Waals surface area contributed by atoms with Crippen molar-refractivity contribution < 1.29 is 37.9 Å². The summed E-state index contributed by atoms with van der Waals surface area (Å²) in [5.74, 6) is 6.15. The summed E-state index contributed by atoms with van der Waals surface area (Å²) in [5.41, 5.74) is 11.4. The van der Waals surface area contributed by atoms with Crippen molar-refractivity contribution in [3.05, 3.63) is 295 Å². The average molecular weight is 1190 g/mol. The molecule has 0 saturated heterocycles. The molecule has 4 spiro atoms. The predicted octanol–water partition coefficient (Wildman–Crippen LogP) is 17.6. The number of nitrogens with zero attached hydrogens (tertiary/aromatic N) is 4. The first kappa shape index (κ1) is 56.8. The molecule has 5 aliphatic carbocycles. The van der Waals surface area contributed by atoms with Crippen molar-refractivity contribution in [2.24, 2.45) is 10.8 Å². The van der Waals surface area contributed by atoms with Crippen LogP contribution in [0.3, 0.4) is 0 Å². The lowest BCUT2D eigenvalue weighted by molar-refractivity contribution is 0.354. The van der Waals surface area contributed by atoms with Crippen LogP contribution in [-0.2, 0) is 10.8 Å². The van der Waals surface area contributed by atoms with E-state index in [2.05, 4.69) is 190 Å². The van der Waals surface area contributed by atoms with Crippen LogP contribution in [0.1, 0.15) is 11.1 Å². The van der Waals surface area contributed by atoms with E-state index in [0.717, 1.165) is 114 Å². The molecule has 1 saturated carbocycles. The molecule has 0 aliphatic heterocycles. The molecule has 0 heterocycles. The Morgan fingerprint density at radius 2 is 0.467 bits per heavy atom. The first-order valence-corrected chi connectivity index (χ1v) is 29.9. The van der Waals surface area contributed by atoms with E-state index in [9.17, 15) is 0 Å². The van der Waals surface area contributed by atoms with E-state index in [1.165, 1.54) is 11.1 Å². The quantitative estimate of drug-likeness (QED) is 0.0728. The smallest absolute Gasteiger partial charge is 0.119 e. The van der Waals surface area contributed by atoms with Gasteiger partial charge in [0.1, 0.15) is 46.0 Å². The maximum atomic E-state index is 5.74. The molecule has 0 radical (unpaired) electrons. The van der Waals surface area contributed by atoms with Crippen molar-refractivity contribution in [3.63, 3.8) is 0 Å². The van der Waals surface area contributed by atoms with Gasteiger partial charge < -0.3 is 57.5 Å². The molecule has 12 heteroatoms. The second-order valence-electron chi connectivity index (χ2n) is 22.7. The highest BCUT2D eigenvalue weighted by Crippen LogP contribution is 2.94. The molecule has 0 aromatic heterocycles. The van der Waals surface area contributed by atoms with Gasteiger partial charge in [-0.2, -0.15) is 0 Å². The Kier molecular flexibility index (Phi) is 14.3. The maximum Gasteiger partial charge on any atom is 0.119 e. The van der Waals surface area contributed by atoms with Crippen molar-refractivity contribution in [2.75, 3.05) is 76.5 Å². The molecule has 9 aromatic carbocycles. The predicted molar refractivity (Wildman–Crippen MR) is 359 cm³/mol. The fourth-order valence-electron chi connectivity index (χ4n) is 14.6. The highest BCUT2D eigenvalue weighted by atomic mass is 16.5. The minimum absolute atomic E-state index is 0.714. The van der Waals surface area contributed by atoms with Crippen LogP contribution in [0.15, 0.2) is 284 Å². The molecule has 3 unspecified atom stereocenters. The van der Waals surface area contributed by atoms with E-state index in [0.29, 0.717) is 0 Å². The Morgan fingerprint density at radius 3 is 0.733 bits per heavy atom. The van der Waals surface area contributed by atoms with Gasteiger partial charge in [0.2, 0.25) is 0 Å². The number of anilines is 9. The molecular weight excluding hydrogens is 1120 g/mol. The van der Waals surface area contributed by atoms with E-state index < -0.39 is 21.7 Å². The number of allylic oxidation sites excluding steroid dienone is 9. The van der Waals surface area contributed by atoms with Gasteiger partial charge in [-0.05, 0) is 254 Å². The zero-order valence-corrected chi connectivity index (χ0v) is 51.5. The average Bonchev–Trinajstić information content (AvgIpc) is 1.40. The van der Waals surface area contributed by atoms with Gasteiger partial charge in [-0.15, -0.1) is 0 Å². The minimum atomic E-state index is -0.721. The number of rotatable bonds is 20. The van der Waals surface area contributed by atoms with Gasteiger partial charge in [-0.3, -0.25) is 0 Å². The molecule has 3 atom stereocenters. The lowest BCUT2D eigenvalue weighted by Crippen LogP contribution is -2.51. The fourth-order valence-corrected chi connectivity index (χ4v) is 14.6. The van der Waals surface area contributed by atoms with E-state index in [-0.39, 0.29) is 0 Å². The third kappa shape index (κ3) is 8.79. The van der Waals surface area contributed by atoms with Crippen molar-refractivity contribution in [1.82, 2.24) is 0 Å². The molecule has 90 heavy (non-hydrogen) atoms. The van der Waals surface area contributed by atoms with E-state index in [4.69, 9.17) is 37.9 Å². The fraction of sp³-hybridized carbons (Fsp3) is 0.154. The lowest BCUT2D eigenvalue weighted by atomic mass is 9.49. The van der Waals surface area contributed by atoms with Crippen LogP contribution in [0.5, 0.6) is 46.0 Å². The Balaban J connectivity index is 1.05. The summed E-state index contributed by atoms with van der Waals surface area (Å²) in [5, 5.41) is 0. The first-order valence-electron chi connectivity index (χ1n) is 29.9. The van der Waals surface area contributed by atoms with Gasteiger partial charge in [0.25, 0.3) is 0 Å². The molecule has 0 N–H and O–H groups in total. The molecule has 0 bridgehead atoms. The summed E-state index contributed by atoms with van der Waals surface area (Å²) in [7, 11) is 13.6. The topological polar surface area (TPSA) is 86.8 Å². The molecule has 0 amide bonds. The van der Waals surface area contributed by atoms with Crippen molar-refractivity contribution in [3.8, 4) is 46.0 Å². The number of hydrogen-bond donors (Lipinski definition) is 0. The van der Waals surface area contributed by atoms with Crippen LogP contribution < -0.4 is 57.5 Å². The zero-order chi connectivity index (χ0) is 61.8. The highest BCUT2D eigenvalue weighted by Gasteiger charge is 2.94. The number of hydrogen-bond acceptors (Lipinski definition) is 12. The largest absolute Gasteiger partial charge is 0.497 e. The van der Waals surface area contributed by atoms with Gasteiger partial charge in [0, 0.05) is 89.9 Å². The molecule has 1 fully saturated rings. The normalized spacial score (nSPS) is 20.0. The SMILES string of the molecule is COc1ccc(N(C2=CC3(C=C2)c2ccc(N(c4ccc(OC)cc4)c4ccc(OC)cc4)cc2C32C3(C=CC(N(c4ccc(OC)cc4)c4ccc(OC)cc4)=C3)C23C=CC(N(c2ccc(OC)cc2)c2ccc(OC)cc2)=C3)c2ccc(OC)cc2)cc1. The Bertz CT molecular complexity index is 4000. The van der Waals surface area contributed by atoms with Crippen molar-refractivity contribution in [2.45, 2.75) is 10.8 Å². The lowest BCUT2D eigenvalue weighted by Gasteiger charge is -2.52. The summed E-state index contributed by atoms with van der Waals surface area (Å²) >= 11 is 0. The summed E-state index contributed by atoms with van der Waals surface area (Å²) in [6.45, 7) is 0. The molecule has 12 nitrogen and oxygen atoms in total. The summed E-state index contributed by atoms with van der Waals surface area (Å²) < 4.78 is 45.9. The number of benzene rings is 9. The number of ether oxygens (including phenoxy) is 8. The van der Waals surface area contributed by atoms with E-state index in [1.54, 1.807) is 56.9 Å². The molecule has 14 rings (SSSR count). The van der Waals surface area contributed by atoms with Gasteiger partial charge in [-0.1, -0.05) is 24.3 Å². The second-order valence-corrected chi connectivity index (χ2v) is 22.7. The van der Waals surface area contributed by atoms with Gasteiger partial charge in [0.05, 0.1) is 56.9 Å². The van der Waals surface area contributed by atoms with Crippen LogP contribution >= 0.6 is 0 Å². The second kappa shape index (κ2) is 22.6. The van der Waals surface area contributed by atoms with Crippen LogP contribution in [0, 0.1) is 10.8 Å². The van der Waals surface area contributed by atoms with Gasteiger partial charge in [0.15, 0.2) is 0 Å². The van der Waals surface area contributed by atoms with Crippen LogP contribution in [0.25, 0.3) is 0 Å².